The Bertz CT molecular complexity index is 1430. The fourth-order valence-corrected chi connectivity index (χ4v) is 5.98. The van der Waals surface area contributed by atoms with Crippen LogP contribution in [0.5, 0.6) is 0 Å². The molecule has 1 atom stereocenters. The Hall–Kier alpha value is -3.36. The Labute approximate surface area is 255 Å². The van der Waals surface area contributed by atoms with E-state index >= 15 is 0 Å². The Morgan fingerprint density at radius 1 is 0.905 bits per heavy atom. The quantitative estimate of drug-likeness (QED) is 0.212. The van der Waals surface area contributed by atoms with Gasteiger partial charge in [-0.3, -0.25) is 13.9 Å². The highest BCUT2D eigenvalue weighted by atomic mass is 35.5. The Kier molecular flexibility index (Phi) is 12.4. The summed E-state index contributed by atoms with van der Waals surface area (Å²) in [6.45, 7) is 6.80. The second-order valence-corrected chi connectivity index (χ2v) is 13.0. The van der Waals surface area contributed by atoms with Crippen LogP contribution >= 0.6 is 11.6 Å². The number of carbonyl (C=O) groups excluding carboxylic acids is 2. The number of hydrogen-bond acceptors (Lipinski definition) is 4. The van der Waals surface area contributed by atoms with Gasteiger partial charge in [0.1, 0.15) is 6.04 Å². The van der Waals surface area contributed by atoms with Gasteiger partial charge in [0, 0.05) is 37.5 Å². The predicted molar refractivity (Wildman–Crippen MR) is 171 cm³/mol. The van der Waals surface area contributed by atoms with Crippen molar-refractivity contribution in [2.24, 2.45) is 0 Å². The molecule has 0 aromatic heterocycles. The van der Waals surface area contributed by atoms with Crippen molar-refractivity contribution < 1.29 is 18.0 Å². The van der Waals surface area contributed by atoms with Crippen molar-refractivity contribution in [2.75, 3.05) is 23.7 Å². The molecule has 7 nitrogen and oxygen atoms in total. The second kappa shape index (κ2) is 15.8. The molecule has 0 unspecified atom stereocenters. The van der Waals surface area contributed by atoms with E-state index in [0.29, 0.717) is 30.1 Å². The monoisotopic (exact) mass is 611 g/mol. The summed E-state index contributed by atoms with van der Waals surface area (Å²) in [6, 6.07) is 21.7. The number of benzene rings is 3. The third kappa shape index (κ3) is 9.60. The summed E-state index contributed by atoms with van der Waals surface area (Å²) >= 11 is 6.11. The van der Waals surface area contributed by atoms with Crippen LogP contribution in [0.25, 0.3) is 0 Å². The van der Waals surface area contributed by atoms with Gasteiger partial charge in [0.2, 0.25) is 21.8 Å². The van der Waals surface area contributed by atoms with Crippen LogP contribution < -0.4 is 9.62 Å². The van der Waals surface area contributed by atoms with Crippen molar-refractivity contribution in [1.29, 1.82) is 0 Å². The molecule has 0 bridgehead atoms. The third-order valence-corrected chi connectivity index (χ3v) is 8.80. The molecule has 0 saturated carbocycles. The summed E-state index contributed by atoms with van der Waals surface area (Å²) in [4.78, 5) is 29.1. The van der Waals surface area contributed by atoms with E-state index in [1.165, 1.54) is 10.6 Å². The Morgan fingerprint density at radius 2 is 1.60 bits per heavy atom. The van der Waals surface area contributed by atoms with Crippen LogP contribution in [0.15, 0.2) is 72.8 Å². The number of aryl methyl sites for hydroxylation is 1. The zero-order valence-electron chi connectivity index (χ0n) is 25.0. The van der Waals surface area contributed by atoms with Crippen molar-refractivity contribution in [3.05, 3.63) is 100 Å². The number of sulfonamides is 1. The van der Waals surface area contributed by atoms with Crippen LogP contribution in [0.3, 0.4) is 0 Å². The first-order chi connectivity index (χ1) is 20.0. The van der Waals surface area contributed by atoms with Gasteiger partial charge in [-0.1, -0.05) is 79.5 Å². The molecular weight excluding hydrogens is 570 g/mol. The fraction of sp³-hybridized carbons (Fsp3) is 0.394. The van der Waals surface area contributed by atoms with E-state index in [0.717, 1.165) is 35.1 Å². The summed E-state index contributed by atoms with van der Waals surface area (Å²) < 4.78 is 26.9. The maximum absolute atomic E-state index is 13.9. The zero-order valence-corrected chi connectivity index (χ0v) is 26.5. The molecule has 3 rings (SSSR count). The average Bonchev–Trinajstić information content (AvgIpc) is 2.95. The Balaban J connectivity index is 1.88. The second-order valence-electron chi connectivity index (χ2n) is 10.7. The topological polar surface area (TPSA) is 86.8 Å². The van der Waals surface area contributed by atoms with Gasteiger partial charge in [0.05, 0.1) is 11.9 Å². The normalized spacial score (nSPS) is 12.0. The summed E-state index contributed by atoms with van der Waals surface area (Å²) in [5.74, 6) is -0.422. The summed E-state index contributed by atoms with van der Waals surface area (Å²) in [5.41, 5.74) is 4.27. The van der Waals surface area contributed by atoms with E-state index in [1.54, 1.807) is 23.1 Å². The minimum Gasteiger partial charge on any atom is -0.354 e. The predicted octanol–water partition coefficient (Wildman–Crippen LogP) is 6.06. The molecule has 42 heavy (non-hydrogen) atoms. The maximum atomic E-state index is 13.9. The minimum absolute atomic E-state index is 0.0814. The van der Waals surface area contributed by atoms with Crippen molar-refractivity contribution in [3.8, 4) is 0 Å². The van der Waals surface area contributed by atoms with Crippen molar-refractivity contribution in [3.63, 3.8) is 0 Å². The number of rotatable bonds is 15. The molecule has 2 amide bonds. The summed E-state index contributed by atoms with van der Waals surface area (Å²) in [6.07, 6.45) is 3.70. The molecule has 226 valence electrons. The van der Waals surface area contributed by atoms with E-state index in [2.05, 4.69) is 12.2 Å². The van der Waals surface area contributed by atoms with E-state index < -0.39 is 16.1 Å². The van der Waals surface area contributed by atoms with Gasteiger partial charge >= 0.3 is 0 Å². The number of nitrogens with zero attached hydrogens (tertiary/aromatic N) is 2. The van der Waals surface area contributed by atoms with Crippen LogP contribution in [0.4, 0.5) is 5.69 Å². The van der Waals surface area contributed by atoms with Gasteiger partial charge in [0.15, 0.2) is 0 Å². The molecule has 3 aromatic carbocycles. The molecular formula is C33H42ClN3O4S. The molecule has 0 fully saturated rings. The van der Waals surface area contributed by atoms with Gasteiger partial charge in [-0.15, -0.1) is 0 Å². The molecule has 0 spiro atoms. The molecule has 1 N–H and O–H groups in total. The SMILES string of the molecule is CCCCNC(=O)[C@H](Cc1ccccc1)N(Cc1ccc(Cl)cc1)C(=O)CCCN(c1cccc(C)c1C)S(C)(=O)=O. The van der Waals surface area contributed by atoms with Crippen LogP contribution in [0.1, 0.15) is 54.9 Å². The standard InChI is InChI=1S/C33H42ClN3O4S/c1-5-6-21-35-33(39)31(23-27-13-8-7-9-14-27)36(24-28-17-19-29(34)20-18-28)32(38)16-11-22-37(42(4,40)41)30-15-10-12-25(2)26(30)3/h7-10,12-15,17-20,31H,5-6,11,16,21-24H2,1-4H3,(H,35,39)/t31-/m0/s1. The van der Waals surface area contributed by atoms with E-state index in [9.17, 15) is 18.0 Å². The van der Waals surface area contributed by atoms with Gasteiger partial charge in [-0.05, 0) is 67.1 Å². The number of carbonyl (C=O) groups is 2. The molecule has 0 heterocycles. The van der Waals surface area contributed by atoms with Crippen molar-refractivity contribution in [1.82, 2.24) is 10.2 Å². The summed E-state index contributed by atoms with van der Waals surface area (Å²) in [7, 11) is -3.58. The van der Waals surface area contributed by atoms with Crippen LogP contribution in [0.2, 0.25) is 5.02 Å². The molecule has 9 heteroatoms. The number of hydrogen-bond donors (Lipinski definition) is 1. The lowest BCUT2D eigenvalue weighted by molar-refractivity contribution is -0.141. The number of nitrogens with one attached hydrogen (secondary N) is 1. The largest absolute Gasteiger partial charge is 0.354 e. The number of amides is 2. The fourth-order valence-electron chi connectivity index (χ4n) is 4.83. The molecule has 0 radical (unpaired) electrons. The van der Waals surface area contributed by atoms with Crippen LogP contribution in [-0.2, 0) is 32.6 Å². The first-order valence-electron chi connectivity index (χ1n) is 14.4. The highest BCUT2D eigenvalue weighted by molar-refractivity contribution is 7.92. The van der Waals surface area contributed by atoms with E-state index in [1.807, 2.05) is 68.4 Å². The molecule has 0 saturated heterocycles. The zero-order chi connectivity index (χ0) is 30.7. The first-order valence-corrected chi connectivity index (χ1v) is 16.6. The van der Waals surface area contributed by atoms with Crippen LogP contribution in [-0.4, -0.2) is 50.5 Å². The first kappa shape index (κ1) is 33.1. The number of anilines is 1. The smallest absolute Gasteiger partial charge is 0.243 e. The lowest BCUT2D eigenvalue weighted by Gasteiger charge is -2.32. The van der Waals surface area contributed by atoms with Crippen molar-refractivity contribution in [2.45, 2.75) is 65.5 Å². The Morgan fingerprint density at radius 3 is 2.24 bits per heavy atom. The summed E-state index contributed by atoms with van der Waals surface area (Å²) in [5, 5.41) is 3.61. The van der Waals surface area contributed by atoms with Gasteiger partial charge in [-0.2, -0.15) is 0 Å². The maximum Gasteiger partial charge on any atom is 0.243 e. The average molecular weight is 612 g/mol. The highest BCUT2D eigenvalue weighted by Crippen LogP contribution is 2.26. The molecule has 3 aromatic rings. The van der Waals surface area contributed by atoms with E-state index in [-0.39, 0.29) is 31.3 Å². The molecule has 0 aliphatic heterocycles. The number of halogens is 1. The van der Waals surface area contributed by atoms with Gasteiger partial charge in [-0.25, -0.2) is 8.42 Å². The lowest BCUT2D eigenvalue weighted by Crippen LogP contribution is -2.50. The molecule has 0 aliphatic rings. The van der Waals surface area contributed by atoms with Crippen LogP contribution in [0, 0.1) is 13.8 Å². The molecule has 0 aliphatic carbocycles. The van der Waals surface area contributed by atoms with Gasteiger partial charge < -0.3 is 10.2 Å². The van der Waals surface area contributed by atoms with E-state index in [4.69, 9.17) is 11.6 Å². The minimum atomic E-state index is -3.58. The van der Waals surface area contributed by atoms with Crippen molar-refractivity contribution >= 4 is 39.1 Å². The number of unbranched alkanes of at least 4 members (excludes halogenated alkanes) is 1. The third-order valence-electron chi connectivity index (χ3n) is 7.36. The highest BCUT2D eigenvalue weighted by Gasteiger charge is 2.30. The lowest BCUT2D eigenvalue weighted by atomic mass is 10.0. The van der Waals surface area contributed by atoms with Gasteiger partial charge in [0.25, 0.3) is 0 Å².